The van der Waals surface area contributed by atoms with Gasteiger partial charge >= 0.3 is 5.97 Å². The molecule has 2 aromatic heterocycles. The van der Waals surface area contributed by atoms with Crippen LogP contribution < -0.4 is 5.56 Å². The minimum atomic E-state index is -0.632. The van der Waals surface area contributed by atoms with Crippen LogP contribution in [0.15, 0.2) is 32.8 Å². The summed E-state index contributed by atoms with van der Waals surface area (Å²) in [6.07, 6.45) is 0. The van der Waals surface area contributed by atoms with Crippen LogP contribution >= 0.6 is 50.5 Å². The number of pyridine rings is 1. The Bertz CT molecular complexity index is 996. The predicted octanol–water partition coefficient (Wildman–Crippen LogP) is 5.11. The van der Waals surface area contributed by atoms with Gasteiger partial charge in [0.1, 0.15) is 10.4 Å². The van der Waals surface area contributed by atoms with Crippen molar-refractivity contribution < 1.29 is 9.53 Å². The highest BCUT2D eigenvalue weighted by Crippen LogP contribution is 2.38. The second kappa shape index (κ2) is 6.28. The monoisotopic (exact) mass is 431 g/mol. The first-order valence-electron chi connectivity index (χ1n) is 6.31. The lowest BCUT2D eigenvalue weighted by Gasteiger charge is -2.10. The number of carbonyl (C=O) groups is 1. The summed E-state index contributed by atoms with van der Waals surface area (Å²) in [5.74, 6) is -0.632. The lowest BCUT2D eigenvalue weighted by molar-refractivity contribution is 0.0595. The molecule has 0 aliphatic carbocycles. The van der Waals surface area contributed by atoms with Crippen molar-refractivity contribution in [1.29, 1.82) is 0 Å². The molecule has 0 saturated heterocycles. The maximum Gasteiger partial charge on any atom is 0.355 e. The SMILES string of the molecule is COC(=O)c1[nH]c(=O)c2sc(Br)cc2c1-c1ccc(Cl)c(Cl)c1. The number of fused-ring (bicyclic) bond motifs is 1. The molecule has 3 aromatic rings. The van der Waals surface area contributed by atoms with E-state index in [0.29, 0.717) is 31.3 Å². The summed E-state index contributed by atoms with van der Waals surface area (Å²) in [6, 6.07) is 6.81. The maximum absolute atomic E-state index is 12.2. The van der Waals surface area contributed by atoms with Crippen molar-refractivity contribution in [2.24, 2.45) is 0 Å². The van der Waals surface area contributed by atoms with Gasteiger partial charge in [0.2, 0.25) is 0 Å². The zero-order valence-electron chi connectivity index (χ0n) is 11.6. The van der Waals surface area contributed by atoms with Crippen molar-refractivity contribution in [2.45, 2.75) is 0 Å². The number of benzene rings is 1. The molecule has 0 atom stereocenters. The van der Waals surface area contributed by atoms with Crippen LogP contribution in [0.1, 0.15) is 10.5 Å². The fourth-order valence-electron chi connectivity index (χ4n) is 2.29. The fourth-order valence-corrected chi connectivity index (χ4v) is 4.09. The number of H-pyrrole nitrogens is 1. The van der Waals surface area contributed by atoms with Crippen molar-refractivity contribution in [3.63, 3.8) is 0 Å². The van der Waals surface area contributed by atoms with E-state index in [0.717, 1.165) is 3.79 Å². The third-order valence-electron chi connectivity index (χ3n) is 3.26. The number of aromatic amines is 1. The standard InChI is InChI=1S/C15H8BrCl2NO3S/c1-22-15(21)12-11(6-2-3-8(17)9(18)4-6)7-5-10(16)23-13(7)14(20)19-12/h2-5H,1H3,(H,19,20). The van der Waals surface area contributed by atoms with Crippen LogP contribution in [0.25, 0.3) is 21.2 Å². The molecule has 118 valence electrons. The van der Waals surface area contributed by atoms with Crippen LogP contribution in [-0.4, -0.2) is 18.1 Å². The number of esters is 1. The number of halogens is 3. The molecule has 0 aliphatic rings. The predicted molar refractivity (Wildman–Crippen MR) is 96.9 cm³/mol. The van der Waals surface area contributed by atoms with Gasteiger partial charge in [-0.1, -0.05) is 29.3 Å². The molecule has 0 unspecified atom stereocenters. The zero-order valence-corrected chi connectivity index (χ0v) is 15.5. The first-order valence-corrected chi connectivity index (χ1v) is 8.68. The lowest BCUT2D eigenvalue weighted by Crippen LogP contribution is -2.15. The molecule has 0 bridgehead atoms. The van der Waals surface area contributed by atoms with Gasteiger partial charge in [-0.15, -0.1) is 11.3 Å². The van der Waals surface area contributed by atoms with Gasteiger partial charge in [-0.25, -0.2) is 4.79 Å². The Morgan fingerprint density at radius 1 is 1.26 bits per heavy atom. The molecule has 0 saturated carbocycles. The van der Waals surface area contributed by atoms with Gasteiger partial charge in [0.05, 0.1) is 20.9 Å². The fraction of sp³-hybridized carbons (Fsp3) is 0.0667. The van der Waals surface area contributed by atoms with Gasteiger partial charge in [-0.2, -0.15) is 0 Å². The van der Waals surface area contributed by atoms with E-state index >= 15 is 0 Å². The van der Waals surface area contributed by atoms with Gasteiger partial charge < -0.3 is 9.72 Å². The lowest BCUT2D eigenvalue weighted by atomic mass is 10.0. The number of aromatic nitrogens is 1. The number of ether oxygens (including phenoxy) is 1. The molecule has 3 rings (SSSR count). The van der Waals surface area contributed by atoms with E-state index in [-0.39, 0.29) is 11.3 Å². The van der Waals surface area contributed by atoms with E-state index in [2.05, 4.69) is 20.9 Å². The highest BCUT2D eigenvalue weighted by atomic mass is 79.9. The van der Waals surface area contributed by atoms with Crippen LogP contribution in [0, 0.1) is 0 Å². The molecule has 0 radical (unpaired) electrons. The van der Waals surface area contributed by atoms with Crippen LogP contribution in [0.5, 0.6) is 0 Å². The Kier molecular flexibility index (Phi) is 4.51. The van der Waals surface area contributed by atoms with Gasteiger partial charge in [0.15, 0.2) is 0 Å². The third-order valence-corrected chi connectivity index (χ3v) is 5.64. The molecular weight excluding hydrogens is 425 g/mol. The van der Waals surface area contributed by atoms with E-state index in [1.807, 2.05) is 0 Å². The molecule has 1 N–H and O–H groups in total. The largest absolute Gasteiger partial charge is 0.464 e. The Hall–Kier alpha value is -1.34. The Labute approximate surface area is 153 Å². The highest BCUT2D eigenvalue weighted by Gasteiger charge is 2.21. The number of hydrogen-bond donors (Lipinski definition) is 1. The van der Waals surface area contributed by atoms with Crippen molar-refractivity contribution in [3.8, 4) is 11.1 Å². The van der Waals surface area contributed by atoms with E-state index in [4.69, 9.17) is 27.9 Å². The van der Waals surface area contributed by atoms with E-state index in [1.165, 1.54) is 18.4 Å². The van der Waals surface area contributed by atoms with Gasteiger partial charge in [-0.05, 0) is 39.7 Å². The maximum atomic E-state index is 12.2. The van der Waals surface area contributed by atoms with Crippen LogP contribution in [0.3, 0.4) is 0 Å². The summed E-state index contributed by atoms with van der Waals surface area (Å²) in [5.41, 5.74) is 0.937. The molecule has 0 spiro atoms. The second-order valence-electron chi connectivity index (χ2n) is 4.62. The Morgan fingerprint density at radius 3 is 2.65 bits per heavy atom. The quantitative estimate of drug-likeness (QED) is 0.572. The smallest absolute Gasteiger partial charge is 0.355 e. The first kappa shape index (κ1) is 16.5. The van der Waals surface area contributed by atoms with Crippen LogP contribution in [0.4, 0.5) is 0 Å². The molecular formula is C15H8BrCl2NO3S. The third kappa shape index (κ3) is 2.92. The number of thiophene rings is 1. The van der Waals surface area contributed by atoms with Gasteiger partial charge in [-0.3, -0.25) is 4.79 Å². The van der Waals surface area contributed by atoms with Crippen molar-refractivity contribution >= 4 is 66.5 Å². The minimum Gasteiger partial charge on any atom is -0.464 e. The van der Waals surface area contributed by atoms with E-state index in [9.17, 15) is 9.59 Å². The zero-order chi connectivity index (χ0) is 16.7. The number of rotatable bonds is 2. The van der Waals surface area contributed by atoms with Gasteiger partial charge in [0, 0.05) is 10.9 Å². The van der Waals surface area contributed by atoms with Crippen molar-refractivity contribution in [3.05, 3.63) is 54.1 Å². The average molecular weight is 433 g/mol. The number of carbonyl (C=O) groups excluding carboxylic acids is 1. The molecule has 23 heavy (non-hydrogen) atoms. The summed E-state index contributed by atoms with van der Waals surface area (Å²) in [5, 5.41) is 1.40. The molecule has 8 heteroatoms. The van der Waals surface area contributed by atoms with E-state index < -0.39 is 5.97 Å². The Balaban J connectivity index is 2.44. The van der Waals surface area contributed by atoms with E-state index in [1.54, 1.807) is 24.3 Å². The summed E-state index contributed by atoms with van der Waals surface area (Å²) < 4.78 is 6.07. The second-order valence-corrected chi connectivity index (χ2v) is 7.86. The number of nitrogens with one attached hydrogen (secondary N) is 1. The van der Waals surface area contributed by atoms with Crippen molar-refractivity contribution in [2.75, 3.05) is 7.11 Å². The van der Waals surface area contributed by atoms with Gasteiger partial charge in [0.25, 0.3) is 5.56 Å². The van der Waals surface area contributed by atoms with Crippen LogP contribution in [0.2, 0.25) is 10.0 Å². The first-order chi connectivity index (χ1) is 10.9. The van der Waals surface area contributed by atoms with Crippen LogP contribution in [-0.2, 0) is 4.74 Å². The minimum absolute atomic E-state index is 0.0775. The average Bonchev–Trinajstić information content (AvgIpc) is 2.91. The molecule has 0 fully saturated rings. The molecule has 2 heterocycles. The summed E-state index contributed by atoms with van der Waals surface area (Å²) in [7, 11) is 1.26. The van der Waals surface area contributed by atoms with Crippen molar-refractivity contribution in [1.82, 2.24) is 4.98 Å². The molecule has 4 nitrogen and oxygen atoms in total. The molecule has 0 amide bonds. The Morgan fingerprint density at radius 2 is 2.00 bits per heavy atom. The number of hydrogen-bond acceptors (Lipinski definition) is 4. The highest BCUT2D eigenvalue weighted by molar-refractivity contribution is 9.11. The molecule has 1 aromatic carbocycles. The molecule has 0 aliphatic heterocycles. The summed E-state index contributed by atoms with van der Waals surface area (Å²) in [6.45, 7) is 0. The normalized spacial score (nSPS) is 11.0. The topological polar surface area (TPSA) is 59.2 Å². The summed E-state index contributed by atoms with van der Waals surface area (Å²) >= 11 is 16.7. The number of methoxy groups -OCH3 is 1. The summed E-state index contributed by atoms with van der Waals surface area (Å²) in [4.78, 5) is 26.9.